The molecule has 1 rings (SSSR count). The van der Waals surface area contributed by atoms with E-state index in [2.05, 4.69) is 15.4 Å². The van der Waals surface area contributed by atoms with E-state index in [9.17, 15) is 0 Å². The van der Waals surface area contributed by atoms with Gasteiger partial charge >= 0.3 is 0 Å². The average molecular weight is 257 g/mol. The van der Waals surface area contributed by atoms with Crippen LogP contribution in [0.2, 0.25) is 0 Å². The van der Waals surface area contributed by atoms with Crippen molar-refractivity contribution in [2.45, 2.75) is 19.8 Å². The summed E-state index contributed by atoms with van der Waals surface area (Å²) in [5.41, 5.74) is 1.31. The van der Waals surface area contributed by atoms with Crippen LogP contribution in [0, 0.1) is 11.3 Å². The monoisotopic (exact) mass is 256 g/mol. The number of rotatable bonds is 2. The molecule has 0 aliphatic heterocycles. The number of nitrogens with zero attached hydrogens (tertiary/aromatic N) is 4. The molecule has 1 aromatic rings. The zero-order chi connectivity index (χ0) is 12.3. The number of hydrogen-bond acceptors (Lipinski definition) is 4. The fraction of sp³-hybridized carbons (Fsp3) is 0.500. The first-order valence-corrected chi connectivity index (χ1v) is 5.93. The maximum atomic E-state index is 9.08. The predicted molar refractivity (Wildman–Crippen MR) is 67.6 cm³/mol. The van der Waals surface area contributed by atoms with Gasteiger partial charge in [0, 0.05) is 14.1 Å². The van der Waals surface area contributed by atoms with Crippen LogP contribution in [0.4, 0.5) is 5.00 Å². The standard InChI is InChI=1S/C10H13ClN4S/c1-6(2)8-7(5-12)9(16-14-8)13-10(11)15(3)4/h6H,1-4H3/b13-10+. The molecule has 4 nitrogen and oxygen atoms in total. The van der Waals surface area contributed by atoms with Gasteiger partial charge in [-0.1, -0.05) is 13.8 Å². The molecule has 0 radical (unpaired) electrons. The lowest BCUT2D eigenvalue weighted by atomic mass is 10.1. The molecule has 0 saturated heterocycles. The summed E-state index contributed by atoms with van der Waals surface area (Å²) in [5.74, 6) is 0.216. The Morgan fingerprint density at radius 3 is 2.62 bits per heavy atom. The molecular weight excluding hydrogens is 244 g/mol. The second-order valence-electron chi connectivity index (χ2n) is 3.79. The van der Waals surface area contributed by atoms with Crippen LogP contribution in [0.3, 0.4) is 0 Å². The molecule has 0 saturated carbocycles. The first-order valence-electron chi connectivity index (χ1n) is 4.78. The Balaban J connectivity index is 3.18. The Morgan fingerprint density at radius 1 is 1.56 bits per heavy atom. The van der Waals surface area contributed by atoms with Crippen molar-refractivity contribution in [2.24, 2.45) is 4.99 Å². The number of hydrogen-bond donors (Lipinski definition) is 0. The van der Waals surface area contributed by atoms with Gasteiger partial charge < -0.3 is 4.90 Å². The largest absolute Gasteiger partial charge is 0.353 e. The van der Waals surface area contributed by atoms with E-state index in [1.165, 1.54) is 11.5 Å². The van der Waals surface area contributed by atoms with Gasteiger partial charge in [0.1, 0.15) is 11.6 Å². The molecule has 0 bridgehead atoms. The molecule has 0 aliphatic carbocycles. The molecule has 0 aliphatic rings. The number of aromatic nitrogens is 1. The minimum atomic E-state index is 0.216. The molecular formula is C10H13ClN4S. The maximum Gasteiger partial charge on any atom is 0.199 e. The van der Waals surface area contributed by atoms with Crippen LogP contribution in [-0.4, -0.2) is 28.7 Å². The molecule has 86 valence electrons. The second-order valence-corrected chi connectivity index (χ2v) is 4.88. The molecule has 1 heterocycles. The van der Waals surface area contributed by atoms with E-state index in [4.69, 9.17) is 16.9 Å². The Bertz CT molecular complexity index is 442. The van der Waals surface area contributed by atoms with E-state index < -0.39 is 0 Å². The van der Waals surface area contributed by atoms with Crippen molar-refractivity contribution in [3.8, 4) is 6.07 Å². The van der Waals surface area contributed by atoms with Gasteiger partial charge in [0.15, 0.2) is 10.3 Å². The minimum Gasteiger partial charge on any atom is -0.353 e. The number of nitriles is 1. The van der Waals surface area contributed by atoms with Gasteiger partial charge in [-0.2, -0.15) is 9.64 Å². The summed E-state index contributed by atoms with van der Waals surface area (Å²) in [5, 5.41) is 10.00. The van der Waals surface area contributed by atoms with Crippen molar-refractivity contribution in [1.29, 1.82) is 5.26 Å². The molecule has 0 unspecified atom stereocenters. The van der Waals surface area contributed by atoms with Crippen LogP contribution < -0.4 is 0 Å². The molecule has 1 aromatic heterocycles. The summed E-state index contributed by atoms with van der Waals surface area (Å²) in [7, 11) is 3.59. The summed E-state index contributed by atoms with van der Waals surface area (Å²) in [4.78, 5) is 5.85. The first kappa shape index (κ1) is 12.9. The second kappa shape index (κ2) is 5.28. The molecule has 0 fully saturated rings. The van der Waals surface area contributed by atoms with Crippen LogP contribution >= 0.6 is 23.1 Å². The molecule has 0 aromatic carbocycles. The Morgan fingerprint density at radius 2 is 2.19 bits per heavy atom. The van der Waals surface area contributed by atoms with Gasteiger partial charge in [0.25, 0.3) is 0 Å². The SMILES string of the molecule is CC(C)c1nsc(/N=C(\Cl)N(C)C)c1C#N. The quantitative estimate of drug-likeness (QED) is 0.464. The Labute approximate surface area is 104 Å². The van der Waals surface area contributed by atoms with Gasteiger partial charge in [-0.15, -0.1) is 0 Å². The summed E-state index contributed by atoms with van der Waals surface area (Å²) < 4.78 is 4.23. The highest BCUT2D eigenvalue weighted by Gasteiger charge is 2.16. The van der Waals surface area contributed by atoms with Gasteiger partial charge in [-0.25, -0.2) is 4.99 Å². The lowest BCUT2D eigenvalue weighted by Gasteiger charge is -2.07. The van der Waals surface area contributed by atoms with E-state index >= 15 is 0 Å². The van der Waals surface area contributed by atoms with Crippen LogP contribution in [0.15, 0.2) is 4.99 Å². The Kier molecular flexibility index (Phi) is 4.27. The van der Waals surface area contributed by atoms with Crippen molar-refractivity contribution < 1.29 is 0 Å². The third kappa shape index (κ3) is 2.71. The topological polar surface area (TPSA) is 52.3 Å². The normalized spacial score (nSPS) is 11.7. The van der Waals surface area contributed by atoms with Crippen molar-refractivity contribution in [3.63, 3.8) is 0 Å². The van der Waals surface area contributed by atoms with Gasteiger partial charge in [0.05, 0.1) is 5.69 Å². The summed E-state index contributed by atoms with van der Waals surface area (Å²) in [6, 6.07) is 2.13. The van der Waals surface area contributed by atoms with Crippen molar-refractivity contribution >= 4 is 33.4 Å². The third-order valence-electron chi connectivity index (χ3n) is 1.92. The van der Waals surface area contributed by atoms with Crippen molar-refractivity contribution in [2.75, 3.05) is 14.1 Å². The zero-order valence-electron chi connectivity index (χ0n) is 9.65. The van der Waals surface area contributed by atoms with Gasteiger partial charge in [-0.05, 0) is 29.1 Å². The van der Waals surface area contributed by atoms with E-state index in [1.54, 1.807) is 19.0 Å². The molecule has 0 amide bonds. The lowest BCUT2D eigenvalue weighted by Crippen LogP contribution is -2.15. The van der Waals surface area contributed by atoms with Crippen molar-refractivity contribution in [1.82, 2.24) is 9.27 Å². The maximum absolute atomic E-state index is 9.08. The third-order valence-corrected chi connectivity index (χ3v) is 3.10. The van der Waals surface area contributed by atoms with E-state index in [0.717, 1.165) is 5.69 Å². The fourth-order valence-corrected chi connectivity index (χ4v) is 2.04. The molecule has 16 heavy (non-hydrogen) atoms. The van der Waals surface area contributed by atoms with E-state index in [1.807, 2.05) is 13.8 Å². The molecule has 0 spiro atoms. The van der Waals surface area contributed by atoms with Crippen LogP contribution in [0.1, 0.15) is 31.0 Å². The van der Waals surface area contributed by atoms with E-state index in [0.29, 0.717) is 15.9 Å². The number of halogens is 1. The van der Waals surface area contributed by atoms with Crippen LogP contribution in [0.5, 0.6) is 0 Å². The number of amidine groups is 1. The highest BCUT2D eigenvalue weighted by Crippen LogP contribution is 2.31. The predicted octanol–water partition coefficient (Wildman–Crippen LogP) is 2.93. The minimum absolute atomic E-state index is 0.216. The fourth-order valence-electron chi connectivity index (χ4n) is 1.05. The molecule has 0 N–H and O–H groups in total. The summed E-state index contributed by atoms with van der Waals surface area (Å²) >= 11 is 7.12. The highest BCUT2D eigenvalue weighted by molar-refractivity contribution is 7.10. The van der Waals surface area contributed by atoms with Gasteiger partial charge in [-0.3, -0.25) is 0 Å². The average Bonchev–Trinajstić information content (AvgIpc) is 2.60. The van der Waals surface area contributed by atoms with Crippen molar-refractivity contribution in [3.05, 3.63) is 11.3 Å². The molecule has 6 heteroatoms. The highest BCUT2D eigenvalue weighted by atomic mass is 35.5. The summed E-state index contributed by atoms with van der Waals surface area (Å²) in [6.07, 6.45) is 0. The Hall–Kier alpha value is -1.12. The summed E-state index contributed by atoms with van der Waals surface area (Å²) in [6.45, 7) is 3.99. The first-order chi connectivity index (χ1) is 7.47. The zero-order valence-corrected chi connectivity index (χ0v) is 11.2. The van der Waals surface area contributed by atoms with Crippen LogP contribution in [-0.2, 0) is 0 Å². The van der Waals surface area contributed by atoms with E-state index in [-0.39, 0.29) is 5.92 Å². The van der Waals surface area contributed by atoms with Gasteiger partial charge in [0.2, 0.25) is 0 Å². The number of aliphatic imine (C=N–C) groups is 1. The lowest BCUT2D eigenvalue weighted by molar-refractivity contribution is 0.635. The smallest absolute Gasteiger partial charge is 0.199 e. The van der Waals surface area contributed by atoms with Crippen LogP contribution in [0.25, 0.3) is 0 Å². The molecule has 0 atom stereocenters.